The van der Waals surface area contributed by atoms with Gasteiger partial charge in [0.05, 0.1) is 0 Å². The van der Waals surface area contributed by atoms with E-state index in [4.69, 9.17) is 0 Å². The Balaban J connectivity index is 1.52. The summed E-state index contributed by atoms with van der Waals surface area (Å²) in [5.74, 6) is -1.63. The number of hydrogen-bond acceptors (Lipinski definition) is 3. The molecular weight excluding hydrogens is 324 g/mol. The van der Waals surface area contributed by atoms with E-state index < -0.39 is 11.6 Å². The van der Waals surface area contributed by atoms with Gasteiger partial charge >= 0.3 is 0 Å². The molecule has 136 valence electrons. The largest absolute Gasteiger partial charge is 0.370 e. The van der Waals surface area contributed by atoms with Gasteiger partial charge in [0.15, 0.2) is 11.6 Å². The number of halogens is 2. The third kappa shape index (κ3) is 4.78. The molecule has 0 aromatic heterocycles. The Bertz CT molecular complexity index is 629. The molecule has 2 aliphatic heterocycles. The lowest BCUT2D eigenvalue weighted by atomic mass is 10.2. The Morgan fingerprint density at radius 1 is 0.960 bits per heavy atom. The minimum atomic E-state index is -0.835. The summed E-state index contributed by atoms with van der Waals surface area (Å²) in [6.07, 6.45) is 6.92. The Labute approximate surface area is 147 Å². The molecule has 0 aliphatic carbocycles. The van der Waals surface area contributed by atoms with Crippen LogP contribution in [0.15, 0.2) is 30.4 Å². The number of amides is 1. The van der Waals surface area contributed by atoms with Crippen molar-refractivity contribution in [2.45, 2.75) is 19.3 Å². The first-order valence-electron chi connectivity index (χ1n) is 9.01. The lowest BCUT2D eigenvalue weighted by molar-refractivity contribution is -0.125. The number of carbonyl (C=O) groups excluding carboxylic acids is 1. The Morgan fingerprint density at radius 2 is 1.76 bits per heavy atom. The zero-order valence-electron chi connectivity index (χ0n) is 14.5. The third-order valence-corrected chi connectivity index (χ3v) is 4.90. The van der Waals surface area contributed by atoms with Crippen LogP contribution in [0.25, 0.3) is 0 Å². The molecule has 2 fully saturated rings. The summed E-state index contributed by atoms with van der Waals surface area (Å²) in [5.41, 5.74) is 0.665. The normalized spacial score (nSPS) is 19.6. The first-order chi connectivity index (χ1) is 12.1. The number of hydrogen-bond donors (Lipinski definition) is 0. The maximum absolute atomic E-state index is 13.4. The van der Waals surface area contributed by atoms with Crippen molar-refractivity contribution in [1.82, 2.24) is 9.80 Å². The molecular formula is C19H25F2N3O. The Hall–Kier alpha value is -1.95. The molecule has 0 bridgehead atoms. The van der Waals surface area contributed by atoms with Crippen molar-refractivity contribution in [2.75, 3.05) is 50.7 Å². The predicted molar refractivity (Wildman–Crippen MR) is 94.6 cm³/mol. The van der Waals surface area contributed by atoms with Gasteiger partial charge in [-0.05, 0) is 44.5 Å². The minimum Gasteiger partial charge on any atom is -0.370 e. The van der Waals surface area contributed by atoms with E-state index >= 15 is 0 Å². The standard InChI is InChI=1S/C19H25F2N3O/c20-17-7-6-16(15-18(17)21)23-11-4-12-24(14-13-23)19(25)5-3-10-22-8-1-2-9-22/h3,5-7,15H,1-2,4,8-14H2/b5-3+. The van der Waals surface area contributed by atoms with Crippen molar-refractivity contribution >= 4 is 11.6 Å². The van der Waals surface area contributed by atoms with Gasteiger partial charge in [0.25, 0.3) is 0 Å². The molecule has 3 rings (SSSR count). The zero-order chi connectivity index (χ0) is 17.6. The number of rotatable bonds is 4. The number of carbonyl (C=O) groups is 1. The van der Waals surface area contributed by atoms with Crippen LogP contribution >= 0.6 is 0 Å². The van der Waals surface area contributed by atoms with Crippen molar-refractivity contribution in [1.29, 1.82) is 0 Å². The SMILES string of the molecule is O=C(/C=C/CN1CCCC1)N1CCCN(c2ccc(F)c(F)c2)CC1. The van der Waals surface area contributed by atoms with Crippen LogP contribution in [0, 0.1) is 11.6 Å². The molecule has 0 spiro atoms. The summed E-state index contributed by atoms with van der Waals surface area (Å²) in [7, 11) is 0. The van der Waals surface area contributed by atoms with Crippen LogP contribution in [0.3, 0.4) is 0 Å². The quantitative estimate of drug-likeness (QED) is 0.782. The smallest absolute Gasteiger partial charge is 0.246 e. The predicted octanol–water partition coefficient (Wildman–Crippen LogP) is 2.66. The monoisotopic (exact) mass is 349 g/mol. The van der Waals surface area contributed by atoms with Crippen molar-refractivity contribution < 1.29 is 13.6 Å². The molecule has 2 saturated heterocycles. The van der Waals surface area contributed by atoms with Gasteiger partial charge in [-0.1, -0.05) is 6.08 Å². The number of benzene rings is 1. The molecule has 0 atom stereocenters. The summed E-state index contributed by atoms with van der Waals surface area (Å²) in [4.78, 5) is 18.5. The van der Waals surface area contributed by atoms with Gasteiger partial charge in [0.1, 0.15) is 0 Å². The fourth-order valence-corrected chi connectivity index (χ4v) is 3.45. The summed E-state index contributed by atoms with van der Waals surface area (Å²) in [6.45, 7) is 5.69. The van der Waals surface area contributed by atoms with Gasteiger partial charge in [0, 0.05) is 50.6 Å². The molecule has 0 radical (unpaired) electrons. The van der Waals surface area contributed by atoms with E-state index in [1.165, 1.54) is 18.9 Å². The highest BCUT2D eigenvalue weighted by Gasteiger charge is 2.19. The topological polar surface area (TPSA) is 26.8 Å². The maximum atomic E-state index is 13.4. The summed E-state index contributed by atoms with van der Waals surface area (Å²) >= 11 is 0. The highest BCUT2D eigenvalue weighted by atomic mass is 19.2. The van der Waals surface area contributed by atoms with E-state index in [-0.39, 0.29) is 5.91 Å². The summed E-state index contributed by atoms with van der Waals surface area (Å²) in [6, 6.07) is 3.97. The van der Waals surface area contributed by atoms with E-state index in [0.717, 1.165) is 38.7 Å². The second-order valence-electron chi connectivity index (χ2n) is 6.67. The lowest BCUT2D eigenvalue weighted by Crippen LogP contribution is -2.34. The maximum Gasteiger partial charge on any atom is 0.246 e. The van der Waals surface area contributed by atoms with E-state index in [9.17, 15) is 13.6 Å². The fourth-order valence-electron chi connectivity index (χ4n) is 3.45. The molecule has 1 amide bonds. The van der Waals surface area contributed by atoms with Crippen molar-refractivity contribution in [3.8, 4) is 0 Å². The van der Waals surface area contributed by atoms with Gasteiger partial charge < -0.3 is 9.80 Å². The van der Waals surface area contributed by atoms with Gasteiger partial charge in [-0.3, -0.25) is 9.69 Å². The van der Waals surface area contributed by atoms with E-state index in [1.807, 2.05) is 15.9 Å². The first kappa shape index (κ1) is 17.9. The lowest BCUT2D eigenvalue weighted by Gasteiger charge is -2.23. The average molecular weight is 349 g/mol. The van der Waals surface area contributed by atoms with Crippen LogP contribution in [0.2, 0.25) is 0 Å². The molecule has 2 heterocycles. The van der Waals surface area contributed by atoms with Crippen LogP contribution in [0.5, 0.6) is 0 Å². The van der Waals surface area contributed by atoms with Crippen LogP contribution in [-0.2, 0) is 4.79 Å². The van der Waals surface area contributed by atoms with E-state index in [2.05, 4.69) is 4.90 Å². The Kier molecular flexibility index (Phi) is 6.02. The minimum absolute atomic E-state index is 0.0336. The second kappa shape index (κ2) is 8.43. The van der Waals surface area contributed by atoms with Crippen LogP contribution in [0.1, 0.15) is 19.3 Å². The molecule has 1 aromatic rings. The van der Waals surface area contributed by atoms with Gasteiger partial charge in [-0.25, -0.2) is 8.78 Å². The van der Waals surface area contributed by atoms with E-state index in [0.29, 0.717) is 25.3 Å². The summed E-state index contributed by atoms with van der Waals surface area (Å²) < 4.78 is 26.5. The number of anilines is 1. The molecule has 0 saturated carbocycles. The molecule has 0 N–H and O–H groups in total. The van der Waals surface area contributed by atoms with Crippen molar-refractivity contribution in [2.24, 2.45) is 0 Å². The molecule has 4 nitrogen and oxygen atoms in total. The third-order valence-electron chi connectivity index (χ3n) is 4.90. The van der Waals surface area contributed by atoms with Gasteiger partial charge in [0.2, 0.25) is 5.91 Å². The molecule has 25 heavy (non-hydrogen) atoms. The average Bonchev–Trinajstić information content (AvgIpc) is 2.99. The molecule has 2 aliphatic rings. The summed E-state index contributed by atoms with van der Waals surface area (Å²) in [5, 5.41) is 0. The van der Waals surface area contributed by atoms with Crippen molar-refractivity contribution in [3.63, 3.8) is 0 Å². The van der Waals surface area contributed by atoms with Crippen molar-refractivity contribution in [3.05, 3.63) is 42.0 Å². The van der Waals surface area contributed by atoms with Crippen LogP contribution in [0.4, 0.5) is 14.5 Å². The highest BCUT2D eigenvalue weighted by molar-refractivity contribution is 5.87. The number of nitrogens with zero attached hydrogens (tertiary/aromatic N) is 3. The molecule has 0 unspecified atom stereocenters. The molecule has 1 aromatic carbocycles. The van der Waals surface area contributed by atoms with Crippen LogP contribution in [-0.4, -0.2) is 61.5 Å². The fraction of sp³-hybridized carbons (Fsp3) is 0.526. The highest BCUT2D eigenvalue weighted by Crippen LogP contribution is 2.19. The van der Waals surface area contributed by atoms with Gasteiger partial charge in [-0.15, -0.1) is 0 Å². The Morgan fingerprint density at radius 3 is 2.52 bits per heavy atom. The van der Waals surface area contributed by atoms with Gasteiger partial charge in [-0.2, -0.15) is 0 Å². The van der Waals surface area contributed by atoms with Crippen LogP contribution < -0.4 is 4.90 Å². The van der Waals surface area contributed by atoms with E-state index in [1.54, 1.807) is 12.1 Å². The molecule has 6 heteroatoms. The second-order valence-corrected chi connectivity index (χ2v) is 6.67. The zero-order valence-corrected chi connectivity index (χ0v) is 14.5. The number of likely N-dealkylation sites (tertiary alicyclic amines) is 1. The first-order valence-corrected chi connectivity index (χ1v) is 9.01.